The summed E-state index contributed by atoms with van der Waals surface area (Å²) in [4.78, 5) is 5.69. The minimum absolute atomic E-state index is 0.742. The van der Waals surface area contributed by atoms with E-state index in [9.17, 15) is 0 Å². The highest BCUT2D eigenvalue weighted by atomic mass is 32.1. The third-order valence-corrected chi connectivity index (χ3v) is 4.71. The van der Waals surface area contributed by atoms with Crippen LogP contribution in [0.1, 0.15) is 10.6 Å². The predicted molar refractivity (Wildman–Crippen MR) is 97.6 cm³/mol. The molecule has 5 heteroatoms. The van der Waals surface area contributed by atoms with E-state index in [1.165, 1.54) is 10.4 Å². The van der Waals surface area contributed by atoms with Gasteiger partial charge in [0.15, 0.2) is 11.5 Å². The second kappa shape index (κ2) is 7.95. The van der Waals surface area contributed by atoms with Gasteiger partial charge in [-0.05, 0) is 23.3 Å². The van der Waals surface area contributed by atoms with Gasteiger partial charge in [-0.25, -0.2) is 4.98 Å². The highest BCUT2D eigenvalue weighted by molar-refractivity contribution is 7.15. The van der Waals surface area contributed by atoms with Crippen molar-refractivity contribution in [2.75, 3.05) is 14.2 Å². The molecule has 0 atom stereocenters. The van der Waals surface area contributed by atoms with Crippen LogP contribution in [0.5, 0.6) is 11.5 Å². The second-order valence-corrected chi connectivity index (χ2v) is 6.39. The van der Waals surface area contributed by atoms with E-state index >= 15 is 0 Å². The summed E-state index contributed by atoms with van der Waals surface area (Å²) in [6, 6.07) is 16.3. The van der Waals surface area contributed by atoms with E-state index in [0.717, 1.165) is 35.2 Å². The lowest BCUT2D eigenvalue weighted by Crippen LogP contribution is -2.12. The van der Waals surface area contributed by atoms with Gasteiger partial charge in [0, 0.05) is 19.3 Å². The Morgan fingerprint density at radius 2 is 1.75 bits per heavy atom. The first-order valence-corrected chi connectivity index (χ1v) is 8.53. The molecule has 0 fully saturated rings. The van der Waals surface area contributed by atoms with Gasteiger partial charge in [0.2, 0.25) is 0 Å². The number of thiazole rings is 1. The molecule has 0 radical (unpaired) electrons. The molecule has 124 valence electrons. The summed E-state index contributed by atoms with van der Waals surface area (Å²) in [7, 11) is 3.29. The van der Waals surface area contributed by atoms with Crippen LogP contribution in [0.4, 0.5) is 0 Å². The van der Waals surface area contributed by atoms with Gasteiger partial charge in [0.1, 0.15) is 5.01 Å². The van der Waals surface area contributed by atoms with E-state index in [1.54, 1.807) is 25.6 Å². The van der Waals surface area contributed by atoms with Crippen molar-refractivity contribution in [3.05, 3.63) is 65.3 Å². The normalized spacial score (nSPS) is 10.6. The minimum Gasteiger partial charge on any atom is -0.493 e. The van der Waals surface area contributed by atoms with Crippen molar-refractivity contribution in [2.45, 2.75) is 13.1 Å². The number of aromatic nitrogens is 1. The lowest BCUT2D eigenvalue weighted by atomic mass is 10.2. The van der Waals surface area contributed by atoms with Gasteiger partial charge in [-0.2, -0.15) is 0 Å². The molecule has 4 nitrogen and oxygen atoms in total. The number of nitrogens with zero attached hydrogens (tertiary/aromatic N) is 1. The van der Waals surface area contributed by atoms with Gasteiger partial charge in [0.05, 0.1) is 19.1 Å². The van der Waals surface area contributed by atoms with Crippen LogP contribution in [0.15, 0.2) is 54.7 Å². The van der Waals surface area contributed by atoms with Crippen molar-refractivity contribution in [1.82, 2.24) is 10.3 Å². The van der Waals surface area contributed by atoms with Crippen LogP contribution in [-0.2, 0) is 13.1 Å². The Bertz CT molecular complexity index is 787. The largest absolute Gasteiger partial charge is 0.493 e. The first-order valence-electron chi connectivity index (χ1n) is 7.72. The molecule has 0 aliphatic carbocycles. The average molecular weight is 340 g/mol. The van der Waals surface area contributed by atoms with E-state index in [2.05, 4.69) is 22.4 Å². The number of nitrogens with one attached hydrogen (secondary N) is 1. The highest BCUT2D eigenvalue weighted by Gasteiger charge is 2.06. The molecule has 0 spiro atoms. The van der Waals surface area contributed by atoms with Gasteiger partial charge in [-0.3, -0.25) is 0 Å². The summed E-state index contributed by atoms with van der Waals surface area (Å²) in [6.45, 7) is 1.49. The first-order chi connectivity index (χ1) is 11.8. The smallest absolute Gasteiger partial charge is 0.161 e. The highest BCUT2D eigenvalue weighted by Crippen LogP contribution is 2.28. The van der Waals surface area contributed by atoms with Crippen molar-refractivity contribution >= 4 is 11.3 Å². The number of hydrogen-bond donors (Lipinski definition) is 1. The molecule has 2 aromatic carbocycles. The molecule has 0 saturated heterocycles. The maximum absolute atomic E-state index is 5.33. The molecule has 1 N–H and O–H groups in total. The van der Waals surface area contributed by atoms with Gasteiger partial charge >= 0.3 is 0 Å². The Hall–Kier alpha value is -2.37. The van der Waals surface area contributed by atoms with Crippen molar-refractivity contribution in [1.29, 1.82) is 0 Å². The predicted octanol–water partition coefficient (Wildman–Crippen LogP) is 4.12. The van der Waals surface area contributed by atoms with Crippen LogP contribution < -0.4 is 14.8 Å². The monoisotopic (exact) mass is 340 g/mol. The number of methoxy groups -OCH3 is 2. The topological polar surface area (TPSA) is 43.4 Å². The maximum Gasteiger partial charge on any atom is 0.161 e. The number of benzene rings is 2. The first kappa shape index (κ1) is 16.5. The van der Waals surface area contributed by atoms with Crippen LogP contribution >= 0.6 is 11.3 Å². The molecule has 1 heterocycles. The fourth-order valence-electron chi connectivity index (χ4n) is 2.43. The second-order valence-electron chi connectivity index (χ2n) is 5.28. The molecule has 24 heavy (non-hydrogen) atoms. The summed E-state index contributed by atoms with van der Waals surface area (Å²) in [5, 5.41) is 4.50. The quantitative estimate of drug-likeness (QED) is 0.703. The van der Waals surface area contributed by atoms with E-state index in [-0.39, 0.29) is 0 Å². The molecule has 0 saturated carbocycles. The van der Waals surface area contributed by atoms with E-state index in [0.29, 0.717) is 0 Å². The molecule has 0 bridgehead atoms. The molecule has 0 aliphatic heterocycles. The minimum atomic E-state index is 0.742. The Morgan fingerprint density at radius 3 is 2.50 bits per heavy atom. The van der Waals surface area contributed by atoms with Gasteiger partial charge in [-0.15, -0.1) is 11.3 Å². The van der Waals surface area contributed by atoms with Gasteiger partial charge in [-0.1, -0.05) is 36.4 Å². The number of rotatable bonds is 7. The lowest BCUT2D eigenvalue weighted by molar-refractivity contribution is 0.354. The zero-order valence-electron chi connectivity index (χ0n) is 13.8. The van der Waals surface area contributed by atoms with Crippen LogP contribution in [0.25, 0.3) is 10.4 Å². The third kappa shape index (κ3) is 3.93. The summed E-state index contributed by atoms with van der Waals surface area (Å²) in [6.07, 6.45) is 1.94. The summed E-state index contributed by atoms with van der Waals surface area (Å²) in [5.74, 6) is 1.49. The lowest BCUT2D eigenvalue weighted by Gasteiger charge is -2.09. The third-order valence-electron chi connectivity index (χ3n) is 3.67. The Balaban J connectivity index is 1.58. The average Bonchev–Trinajstić information content (AvgIpc) is 3.11. The molecule has 0 aliphatic rings. The molecular weight excluding hydrogens is 320 g/mol. The van der Waals surface area contributed by atoms with Crippen LogP contribution in [0.2, 0.25) is 0 Å². The molecule has 3 aromatic rings. The number of hydrogen-bond acceptors (Lipinski definition) is 5. The maximum atomic E-state index is 5.33. The van der Waals surface area contributed by atoms with Crippen molar-refractivity contribution in [3.8, 4) is 21.9 Å². The van der Waals surface area contributed by atoms with Crippen molar-refractivity contribution < 1.29 is 9.47 Å². The van der Waals surface area contributed by atoms with Crippen LogP contribution in [0, 0.1) is 0 Å². The van der Waals surface area contributed by atoms with Crippen LogP contribution in [0.3, 0.4) is 0 Å². The molecule has 1 aromatic heterocycles. The van der Waals surface area contributed by atoms with E-state index in [1.807, 2.05) is 42.6 Å². The summed E-state index contributed by atoms with van der Waals surface area (Å²) < 4.78 is 10.6. The molecular formula is C19H20N2O2S. The Morgan fingerprint density at radius 1 is 0.958 bits per heavy atom. The molecule has 3 rings (SSSR count). The Kier molecular flexibility index (Phi) is 5.46. The molecule has 0 amide bonds. The van der Waals surface area contributed by atoms with Crippen molar-refractivity contribution in [3.63, 3.8) is 0 Å². The van der Waals surface area contributed by atoms with Crippen LogP contribution in [-0.4, -0.2) is 19.2 Å². The SMILES string of the molecule is COc1ccc(CNCc2ncc(-c3ccccc3)s2)cc1OC. The molecule has 0 unspecified atom stereocenters. The van der Waals surface area contributed by atoms with Gasteiger partial charge in [0.25, 0.3) is 0 Å². The Labute approximate surface area is 146 Å². The van der Waals surface area contributed by atoms with Gasteiger partial charge < -0.3 is 14.8 Å². The van der Waals surface area contributed by atoms with Crippen molar-refractivity contribution in [2.24, 2.45) is 0 Å². The number of ether oxygens (including phenoxy) is 2. The summed E-state index contributed by atoms with van der Waals surface area (Å²) >= 11 is 1.72. The zero-order chi connectivity index (χ0) is 16.8. The fraction of sp³-hybridized carbons (Fsp3) is 0.211. The fourth-order valence-corrected chi connectivity index (χ4v) is 3.33. The van der Waals surface area contributed by atoms with E-state index < -0.39 is 0 Å². The standard InChI is InChI=1S/C19H20N2O2S/c1-22-16-9-8-14(10-17(16)23-2)11-20-13-19-21-12-18(24-19)15-6-4-3-5-7-15/h3-10,12,20H,11,13H2,1-2H3. The van der Waals surface area contributed by atoms with E-state index in [4.69, 9.17) is 9.47 Å². The summed E-state index contributed by atoms with van der Waals surface area (Å²) in [5.41, 5.74) is 2.36. The zero-order valence-corrected chi connectivity index (χ0v) is 14.6.